The highest BCUT2D eigenvalue weighted by atomic mass is 28.3. The summed E-state index contributed by atoms with van der Waals surface area (Å²) in [5.74, 6) is -0.843. The van der Waals surface area contributed by atoms with E-state index in [2.05, 4.69) is 40.0 Å². The SMILES string of the molecule is CC(C)(O)[C@@H]1CCN(c2cnc(C(F)(F)F)c(NC(=O)c3cccc(-c4cnn(COCC[Si](C)(C)C)c4)n3)c2)C1. The maximum Gasteiger partial charge on any atom is 0.435 e. The van der Waals surface area contributed by atoms with Crippen LogP contribution in [0, 0.1) is 5.92 Å². The number of nitrogens with zero attached hydrogens (tertiary/aromatic N) is 5. The standard InChI is InChI=1S/C28H37F3N6O3Si/c1-27(2,39)20-9-10-36(17-20)21-13-24(25(32-15-21)28(29,30)31)35-26(38)23-8-6-7-22(34-23)19-14-33-37(16-19)18-40-11-12-41(3,4)5/h6-8,13-16,20,39H,9-12,17-18H2,1-5H3,(H,35,38)/t20-/m1/s1. The maximum absolute atomic E-state index is 13.8. The van der Waals surface area contributed by atoms with E-state index in [9.17, 15) is 23.1 Å². The van der Waals surface area contributed by atoms with Gasteiger partial charge in [-0.05, 0) is 44.5 Å². The Morgan fingerprint density at radius 1 is 1.22 bits per heavy atom. The van der Waals surface area contributed by atoms with Gasteiger partial charge in [0.25, 0.3) is 5.91 Å². The molecule has 0 aromatic carbocycles. The molecular formula is C28H37F3N6O3Si. The number of amides is 1. The van der Waals surface area contributed by atoms with Gasteiger partial charge in [-0.15, -0.1) is 0 Å². The van der Waals surface area contributed by atoms with Gasteiger partial charge in [0.15, 0.2) is 5.69 Å². The Morgan fingerprint density at radius 2 is 1.98 bits per heavy atom. The van der Waals surface area contributed by atoms with Gasteiger partial charge in [-0.1, -0.05) is 25.7 Å². The Labute approximate surface area is 238 Å². The number of pyridine rings is 2. The first-order valence-electron chi connectivity index (χ1n) is 13.5. The van der Waals surface area contributed by atoms with E-state index in [1.54, 1.807) is 43.1 Å². The van der Waals surface area contributed by atoms with E-state index < -0.39 is 37.1 Å². The molecule has 1 saturated heterocycles. The quantitative estimate of drug-likeness (QED) is 0.237. The molecule has 13 heteroatoms. The molecule has 9 nitrogen and oxygen atoms in total. The highest BCUT2D eigenvalue weighted by Crippen LogP contribution is 2.37. The van der Waals surface area contributed by atoms with E-state index in [0.717, 1.165) is 12.2 Å². The fourth-order valence-corrected chi connectivity index (χ4v) is 5.29. The van der Waals surface area contributed by atoms with Crippen molar-refractivity contribution in [3.8, 4) is 11.3 Å². The summed E-state index contributed by atoms with van der Waals surface area (Å²) in [5, 5.41) is 17.0. The monoisotopic (exact) mass is 590 g/mol. The molecule has 1 amide bonds. The maximum atomic E-state index is 13.8. The van der Waals surface area contributed by atoms with Crippen LogP contribution in [0.5, 0.6) is 0 Å². The van der Waals surface area contributed by atoms with Crippen LogP contribution in [0.3, 0.4) is 0 Å². The number of anilines is 2. The fourth-order valence-electron chi connectivity index (χ4n) is 4.53. The zero-order valence-electron chi connectivity index (χ0n) is 24.0. The van der Waals surface area contributed by atoms with Gasteiger partial charge in [-0.25, -0.2) is 14.6 Å². The Balaban J connectivity index is 1.49. The van der Waals surface area contributed by atoms with E-state index in [-0.39, 0.29) is 18.3 Å². The number of carbonyl (C=O) groups is 1. The lowest BCUT2D eigenvalue weighted by atomic mass is 9.90. The van der Waals surface area contributed by atoms with Gasteiger partial charge in [0.2, 0.25) is 0 Å². The average molecular weight is 591 g/mol. The third kappa shape index (κ3) is 8.14. The van der Waals surface area contributed by atoms with Crippen molar-refractivity contribution < 1.29 is 27.8 Å². The van der Waals surface area contributed by atoms with E-state index in [1.807, 2.05) is 4.90 Å². The van der Waals surface area contributed by atoms with E-state index >= 15 is 0 Å². The minimum absolute atomic E-state index is 0.0455. The van der Waals surface area contributed by atoms with Gasteiger partial charge in [0.1, 0.15) is 12.4 Å². The summed E-state index contributed by atoms with van der Waals surface area (Å²) in [6.45, 7) is 12.2. The van der Waals surface area contributed by atoms with Crippen LogP contribution in [0.4, 0.5) is 24.5 Å². The van der Waals surface area contributed by atoms with E-state index in [4.69, 9.17) is 4.74 Å². The minimum atomic E-state index is -4.78. The molecule has 41 heavy (non-hydrogen) atoms. The Kier molecular flexibility index (Phi) is 8.90. The molecule has 0 unspecified atom stereocenters. The van der Waals surface area contributed by atoms with Gasteiger partial charge < -0.3 is 20.1 Å². The number of aliphatic hydroxyl groups is 1. The zero-order chi connectivity index (χ0) is 30.0. The first kappa shape index (κ1) is 30.7. The molecule has 222 valence electrons. The van der Waals surface area contributed by atoms with Crippen molar-refractivity contribution in [1.29, 1.82) is 0 Å². The summed E-state index contributed by atoms with van der Waals surface area (Å²) in [5.41, 5.74) is -1.10. The molecule has 0 spiro atoms. The summed E-state index contributed by atoms with van der Waals surface area (Å²) in [6.07, 6.45) is 0.395. The Hall–Kier alpha value is -3.29. The van der Waals surface area contributed by atoms with Crippen LogP contribution in [-0.4, -0.2) is 64.1 Å². The van der Waals surface area contributed by atoms with Crippen molar-refractivity contribution in [1.82, 2.24) is 19.7 Å². The van der Waals surface area contributed by atoms with Crippen molar-refractivity contribution in [2.75, 3.05) is 29.9 Å². The third-order valence-corrected chi connectivity index (χ3v) is 8.78. The highest BCUT2D eigenvalue weighted by Gasteiger charge is 2.38. The van der Waals surface area contributed by atoms with E-state index in [0.29, 0.717) is 43.1 Å². The van der Waals surface area contributed by atoms with Crippen molar-refractivity contribution in [3.63, 3.8) is 0 Å². The lowest BCUT2D eigenvalue weighted by Gasteiger charge is -2.26. The first-order chi connectivity index (χ1) is 19.1. The normalized spacial score (nSPS) is 16.3. The molecule has 0 bridgehead atoms. The molecule has 1 fully saturated rings. The molecule has 0 radical (unpaired) electrons. The summed E-state index contributed by atoms with van der Waals surface area (Å²) >= 11 is 0. The van der Waals surface area contributed by atoms with Gasteiger partial charge in [-0.2, -0.15) is 18.3 Å². The zero-order valence-corrected chi connectivity index (χ0v) is 25.0. The van der Waals surface area contributed by atoms with Crippen LogP contribution >= 0.6 is 0 Å². The molecule has 2 N–H and O–H groups in total. The van der Waals surface area contributed by atoms with Crippen LogP contribution in [0.2, 0.25) is 25.7 Å². The fraction of sp³-hybridized carbons (Fsp3) is 0.500. The van der Waals surface area contributed by atoms with Gasteiger partial charge >= 0.3 is 6.18 Å². The second-order valence-corrected chi connectivity index (χ2v) is 17.8. The molecule has 1 atom stereocenters. The average Bonchev–Trinajstić information content (AvgIpc) is 3.56. The van der Waals surface area contributed by atoms with Crippen LogP contribution in [0.25, 0.3) is 11.3 Å². The van der Waals surface area contributed by atoms with Gasteiger partial charge in [0, 0.05) is 45.4 Å². The number of nitrogens with one attached hydrogen (secondary N) is 1. The molecule has 4 heterocycles. The largest absolute Gasteiger partial charge is 0.435 e. The van der Waals surface area contributed by atoms with Crippen LogP contribution < -0.4 is 10.2 Å². The van der Waals surface area contributed by atoms with E-state index in [1.165, 1.54) is 12.1 Å². The van der Waals surface area contributed by atoms with Crippen molar-refractivity contribution in [3.05, 3.63) is 54.2 Å². The molecular weight excluding hydrogens is 553 g/mol. The number of hydrogen-bond acceptors (Lipinski definition) is 7. The molecule has 3 aromatic heterocycles. The second kappa shape index (κ2) is 11.9. The number of hydrogen-bond donors (Lipinski definition) is 2. The predicted molar refractivity (Wildman–Crippen MR) is 153 cm³/mol. The van der Waals surface area contributed by atoms with Crippen molar-refractivity contribution in [2.45, 2.75) is 64.5 Å². The lowest BCUT2D eigenvalue weighted by molar-refractivity contribution is -0.140. The molecule has 1 aliphatic rings. The summed E-state index contributed by atoms with van der Waals surface area (Å²) < 4.78 is 48.7. The van der Waals surface area contributed by atoms with Gasteiger partial charge in [0.05, 0.1) is 35.1 Å². The number of rotatable bonds is 10. The molecule has 0 saturated carbocycles. The molecule has 0 aliphatic carbocycles. The highest BCUT2D eigenvalue weighted by molar-refractivity contribution is 6.76. The predicted octanol–water partition coefficient (Wildman–Crippen LogP) is 5.52. The van der Waals surface area contributed by atoms with Crippen LogP contribution in [0.1, 0.15) is 36.5 Å². The van der Waals surface area contributed by atoms with Crippen LogP contribution in [-0.2, 0) is 17.6 Å². The third-order valence-electron chi connectivity index (χ3n) is 7.07. The first-order valence-corrected chi connectivity index (χ1v) is 17.2. The summed E-state index contributed by atoms with van der Waals surface area (Å²) in [6, 6.07) is 7.05. The number of aromatic nitrogens is 4. The number of carbonyl (C=O) groups excluding carboxylic acids is 1. The smallest absolute Gasteiger partial charge is 0.390 e. The Bertz CT molecular complexity index is 1370. The second-order valence-electron chi connectivity index (χ2n) is 12.2. The minimum Gasteiger partial charge on any atom is -0.390 e. The van der Waals surface area contributed by atoms with Gasteiger partial charge in [-0.3, -0.25) is 4.79 Å². The van der Waals surface area contributed by atoms with Crippen LogP contribution in [0.15, 0.2) is 42.9 Å². The lowest BCUT2D eigenvalue weighted by Crippen LogP contribution is -2.33. The number of ether oxygens (including phenoxy) is 1. The molecule has 3 aromatic rings. The molecule has 4 rings (SSSR count). The van der Waals surface area contributed by atoms with Crippen molar-refractivity contribution >= 4 is 25.4 Å². The topological polar surface area (TPSA) is 105 Å². The summed E-state index contributed by atoms with van der Waals surface area (Å²) in [7, 11) is -1.20. The van der Waals surface area contributed by atoms with Crippen molar-refractivity contribution in [2.24, 2.45) is 5.92 Å². The Morgan fingerprint density at radius 3 is 2.63 bits per heavy atom. The summed E-state index contributed by atoms with van der Waals surface area (Å²) in [4.78, 5) is 23.0. The number of alkyl halides is 3. The molecule has 1 aliphatic heterocycles. The number of halogens is 3.